The minimum absolute atomic E-state index is 0.00497. The lowest BCUT2D eigenvalue weighted by molar-refractivity contribution is -0.145. The molecule has 6 nitrogen and oxygen atoms in total. The van der Waals surface area contributed by atoms with Gasteiger partial charge < -0.3 is 19.5 Å². The Morgan fingerprint density at radius 3 is 1.64 bits per heavy atom. The standard InChI is InChI=1S/C41H77NO5/c1-3-5-13-19-37(20-14-6-4-2)26-35-46-39(44)21-15-9-7-11-17-31-42(33-34-43)32-18-12-8-10-16-22-40(45)47-36-30-41-27-23-38(24-28-41)25-29-41/h37-38,43H,3-36H2,1-2H3. The number of nitrogens with zero attached hydrogens (tertiary/aromatic N) is 1. The zero-order chi connectivity index (χ0) is 33.8. The lowest BCUT2D eigenvalue weighted by Gasteiger charge is -2.46. The first-order chi connectivity index (χ1) is 23.0. The van der Waals surface area contributed by atoms with E-state index in [4.69, 9.17) is 9.47 Å². The Morgan fingerprint density at radius 2 is 1.13 bits per heavy atom. The molecule has 0 atom stereocenters. The topological polar surface area (TPSA) is 76.1 Å². The number of hydrogen-bond acceptors (Lipinski definition) is 6. The first-order valence-corrected chi connectivity index (χ1v) is 20.6. The van der Waals surface area contributed by atoms with Gasteiger partial charge in [0.05, 0.1) is 19.8 Å². The Morgan fingerprint density at radius 1 is 0.638 bits per heavy atom. The highest BCUT2D eigenvalue weighted by atomic mass is 16.5. The van der Waals surface area contributed by atoms with E-state index in [0.717, 1.165) is 89.8 Å². The number of rotatable bonds is 32. The van der Waals surface area contributed by atoms with Crippen LogP contribution in [0.1, 0.15) is 194 Å². The smallest absolute Gasteiger partial charge is 0.305 e. The molecule has 3 aliphatic carbocycles. The van der Waals surface area contributed by atoms with E-state index in [-0.39, 0.29) is 18.5 Å². The number of carbonyl (C=O) groups excluding carboxylic acids is 2. The van der Waals surface area contributed by atoms with Crippen LogP contribution in [0.5, 0.6) is 0 Å². The summed E-state index contributed by atoms with van der Waals surface area (Å²) >= 11 is 0. The van der Waals surface area contributed by atoms with Crippen LogP contribution in [0.3, 0.4) is 0 Å². The second kappa shape index (κ2) is 27.7. The fourth-order valence-corrected chi connectivity index (χ4v) is 8.13. The summed E-state index contributed by atoms with van der Waals surface area (Å²) < 4.78 is 11.2. The maximum absolute atomic E-state index is 12.2. The van der Waals surface area contributed by atoms with Crippen molar-refractivity contribution < 1.29 is 24.2 Å². The van der Waals surface area contributed by atoms with E-state index >= 15 is 0 Å². The Labute approximate surface area is 290 Å². The molecule has 1 N–H and O–H groups in total. The van der Waals surface area contributed by atoms with Crippen molar-refractivity contribution in [1.29, 1.82) is 0 Å². The predicted molar refractivity (Wildman–Crippen MR) is 195 cm³/mol. The number of esters is 2. The van der Waals surface area contributed by atoms with Crippen LogP contribution in [0.15, 0.2) is 0 Å². The van der Waals surface area contributed by atoms with Crippen LogP contribution in [0, 0.1) is 17.3 Å². The Kier molecular flexibility index (Phi) is 24.7. The predicted octanol–water partition coefficient (Wildman–Crippen LogP) is 10.6. The molecule has 0 saturated heterocycles. The van der Waals surface area contributed by atoms with Crippen molar-refractivity contribution in [2.24, 2.45) is 17.3 Å². The highest BCUT2D eigenvalue weighted by Gasteiger charge is 2.40. The van der Waals surface area contributed by atoms with Gasteiger partial charge in [-0.05, 0) is 107 Å². The van der Waals surface area contributed by atoms with Crippen LogP contribution < -0.4 is 0 Å². The van der Waals surface area contributed by atoms with Crippen LogP contribution in [0.25, 0.3) is 0 Å². The maximum atomic E-state index is 12.2. The average Bonchev–Trinajstić information content (AvgIpc) is 3.08. The number of carbonyl (C=O) groups is 2. The van der Waals surface area contributed by atoms with Crippen LogP contribution >= 0.6 is 0 Å². The van der Waals surface area contributed by atoms with Gasteiger partial charge in [-0.15, -0.1) is 0 Å². The molecule has 0 heterocycles. The van der Waals surface area contributed by atoms with Gasteiger partial charge in [-0.1, -0.05) is 104 Å². The third kappa shape index (κ3) is 20.9. The van der Waals surface area contributed by atoms with E-state index in [1.807, 2.05) is 0 Å². The molecule has 3 aliphatic rings. The normalized spacial score (nSPS) is 19.1. The highest BCUT2D eigenvalue weighted by Crippen LogP contribution is 2.52. The molecular formula is C41H77NO5. The van der Waals surface area contributed by atoms with Gasteiger partial charge in [0.15, 0.2) is 0 Å². The Hall–Kier alpha value is -1.14. The SMILES string of the molecule is CCCCCC(CCCCC)CCOC(=O)CCCCCCCN(CCO)CCCCCCCC(=O)OCCC12CCC(CC1)CC2. The van der Waals surface area contributed by atoms with Gasteiger partial charge in [0.25, 0.3) is 0 Å². The molecule has 0 amide bonds. The molecule has 0 unspecified atom stereocenters. The number of unbranched alkanes of at least 4 members (excludes halogenated alkanes) is 12. The summed E-state index contributed by atoms with van der Waals surface area (Å²) in [6, 6.07) is 0. The van der Waals surface area contributed by atoms with E-state index < -0.39 is 0 Å². The van der Waals surface area contributed by atoms with Crippen LogP contribution in [0.4, 0.5) is 0 Å². The number of aliphatic hydroxyl groups excluding tert-OH is 1. The van der Waals surface area contributed by atoms with Crippen LogP contribution in [0.2, 0.25) is 0 Å². The lowest BCUT2D eigenvalue weighted by atomic mass is 9.59. The summed E-state index contributed by atoms with van der Waals surface area (Å²) in [4.78, 5) is 26.8. The molecule has 3 saturated carbocycles. The molecule has 6 heteroatoms. The van der Waals surface area contributed by atoms with E-state index in [1.165, 1.54) is 103 Å². The van der Waals surface area contributed by atoms with Gasteiger partial charge in [-0.3, -0.25) is 9.59 Å². The van der Waals surface area contributed by atoms with E-state index in [1.54, 1.807) is 0 Å². The van der Waals surface area contributed by atoms with Crippen molar-refractivity contribution in [3.05, 3.63) is 0 Å². The highest BCUT2D eigenvalue weighted by molar-refractivity contribution is 5.69. The van der Waals surface area contributed by atoms with Gasteiger partial charge in [-0.2, -0.15) is 0 Å². The van der Waals surface area contributed by atoms with Crippen molar-refractivity contribution in [1.82, 2.24) is 4.90 Å². The number of ether oxygens (including phenoxy) is 2. The van der Waals surface area contributed by atoms with E-state index in [9.17, 15) is 14.7 Å². The molecule has 0 aromatic heterocycles. The minimum atomic E-state index is -0.0176. The molecule has 0 aromatic carbocycles. The third-order valence-corrected chi connectivity index (χ3v) is 11.5. The molecule has 0 aromatic rings. The monoisotopic (exact) mass is 664 g/mol. The van der Waals surface area contributed by atoms with Crippen molar-refractivity contribution in [2.75, 3.05) is 39.5 Å². The quantitative estimate of drug-likeness (QED) is 0.0570. The second-order valence-corrected chi connectivity index (χ2v) is 15.4. The Bertz CT molecular complexity index is 741. The molecular weight excluding hydrogens is 586 g/mol. The first kappa shape index (κ1) is 42.0. The van der Waals surface area contributed by atoms with E-state index in [0.29, 0.717) is 37.4 Å². The summed E-state index contributed by atoms with van der Waals surface area (Å²) in [6.07, 6.45) is 32.8. The molecule has 0 radical (unpaired) electrons. The second-order valence-electron chi connectivity index (χ2n) is 15.4. The number of aliphatic hydroxyl groups is 1. The summed E-state index contributed by atoms with van der Waals surface area (Å²) in [5.74, 6) is 1.67. The van der Waals surface area contributed by atoms with Gasteiger partial charge in [0, 0.05) is 19.4 Å². The molecule has 3 fully saturated rings. The van der Waals surface area contributed by atoms with Gasteiger partial charge in [-0.25, -0.2) is 0 Å². The van der Waals surface area contributed by atoms with Crippen molar-refractivity contribution in [3.63, 3.8) is 0 Å². The molecule has 0 spiro atoms. The molecule has 3 rings (SSSR count). The zero-order valence-corrected chi connectivity index (χ0v) is 31.2. The van der Waals surface area contributed by atoms with Crippen molar-refractivity contribution in [2.45, 2.75) is 194 Å². The lowest BCUT2D eigenvalue weighted by Crippen LogP contribution is -2.35. The molecule has 47 heavy (non-hydrogen) atoms. The minimum Gasteiger partial charge on any atom is -0.466 e. The zero-order valence-electron chi connectivity index (χ0n) is 31.2. The summed E-state index contributed by atoms with van der Waals surface area (Å²) in [5.41, 5.74) is 0.487. The fraction of sp³-hybridized carbons (Fsp3) is 0.951. The summed E-state index contributed by atoms with van der Waals surface area (Å²) in [5, 5.41) is 9.51. The summed E-state index contributed by atoms with van der Waals surface area (Å²) in [7, 11) is 0. The Balaban J connectivity index is 1.39. The molecule has 0 aliphatic heterocycles. The van der Waals surface area contributed by atoms with Gasteiger partial charge in [0.1, 0.15) is 0 Å². The van der Waals surface area contributed by atoms with Crippen molar-refractivity contribution in [3.8, 4) is 0 Å². The average molecular weight is 664 g/mol. The van der Waals surface area contributed by atoms with E-state index in [2.05, 4.69) is 18.7 Å². The first-order valence-electron chi connectivity index (χ1n) is 20.6. The fourth-order valence-electron chi connectivity index (χ4n) is 8.13. The van der Waals surface area contributed by atoms with Crippen LogP contribution in [-0.2, 0) is 19.1 Å². The van der Waals surface area contributed by atoms with Gasteiger partial charge in [0.2, 0.25) is 0 Å². The number of hydrogen-bond donors (Lipinski definition) is 1. The maximum Gasteiger partial charge on any atom is 0.305 e. The van der Waals surface area contributed by atoms with Crippen molar-refractivity contribution >= 4 is 11.9 Å². The summed E-state index contributed by atoms with van der Waals surface area (Å²) in [6.45, 7) is 8.77. The number of fused-ring (bicyclic) bond motifs is 3. The largest absolute Gasteiger partial charge is 0.466 e. The third-order valence-electron chi connectivity index (χ3n) is 11.5. The molecule has 276 valence electrons. The van der Waals surface area contributed by atoms with Gasteiger partial charge >= 0.3 is 11.9 Å². The van der Waals surface area contributed by atoms with Crippen LogP contribution in [-0.4, -0.2) is 61.4 Å². The molecule has 2 bridgehead atoms.